The van der Waals surface area contributed by atoms with E-state index in [0.717, 1.165) is 49.7 Å². The number of nitrogens with two attached hydrogens (primary N) is 1. The van der Waals surface area contributed by atoms with Crippen LogP contribution in [0.4, 0.5) is 15.9 Å². The Labute approximate surface area is 197 Å². The molecule has 3 aromatic rings. The highest BCUT2D eigenvalue weighted by Crippen LogP contribution is 2.55. The molecule has 0 bridgehead atoms. The van der Waals surface area contributed by atoms with E-state index in [1.807, 2.05) is 13.0 Å². The lowest BCUT2D eigenvalue weighted by molar-refractivity contribution is -0.112. The third-order valence-electron chi connectivity index (χ3n) is 7.41. The van der Waals surface area contributed by atoms with Gasteiger partial charge in [-0.25, -0.2) is 9.37 Å². The Balaban J connectivity index is 1.34. The topological polar surface area (TPSA) is 105 Å². The summed E-state index contributed by atoms with van der Waals surface area (Å²) in [6.45, 7) is 1.89. The Hall–Kier alpha value is -3.79. The van der Waals surface area contributed by atoms with Gasteiger partial charge in [0.05, 0.1) is 11.8 Å². The van der Waals surface area contributed by atoms with Gasteiger partial charge in [0.1, 0.15) is 5.82 Å². The fourth-order valence-electron chi connectivity index (χ4n) is 5.39. The first-order valence-corrected chi connectivity index (χ1v) is 11.6. The molecule has 7 heteroatoms. The lowest BCUT2D eigenvalue weighted by atomic mass is 9.55. The van der Waals surface area contributed by atoms with Gasteiger partial charge >= 0.3 is 0 Å². The van der Waals surface area contributed by atoms with Crippen LogP contribution in [0.15, 0.2) is 48.4 Å². The number of aromatic nitrogens is 2. The van der Waals surface area contributed by atoms with Crippen LogP contribution in [0.2, 0.25) is 0 Å². The van der Waals surface area contributed by atoms with E-state index in [1.165, 1.54) is 6.20 Å². The molecule has 34 heavy (non-hydrogen) atoms. The zero-order valence-corrected chi connectivity index (χ0v) is 19.1. The summed E-state index contributed by atoms with van der Waals surface area (Å²) in [6, 6.07) is 7.61. The third-order valence-corrected chi connectivity index (χ3v) is 7.41. The first-order chi connectivity index (χ1) is 16.4. The molecule has 2 heterocycles. The van der Waals surface area contributed by atoms with E-state index in [4.69, 9.17) is 11.0 Å². The van der Waals surface area contributed by atoms with Crippen molar-refractivity contribution >= 4 is 28.2 Å². The molecule has 2 aromatic heterocycles. The molecule has 0 atom stereocenters. The maximum absolute atomic E-state index is 15.0. The van der Waals surface area contributed by atoms with Crippen molar-refractivity contribution in [1.29, 1.82) is 5.26 Å². The second-order valence-corrected chi connectivity index (χ2v) is 9.66. The number of aryl methyl sites for hydroxylation is 1. The van der Waals surface area contributed by atoms with Gasteiger partial charge in [-0.15, -0.1) is 0 Å². The summed E-state index contributed by atoms with van der Waals surface area (Å²) in [5.74, 6) is -0.135. The highest BCUT2D eigenvalue weighted by molar-refractivity contribution is 6.02. The lowest BCUT2D eigenvalue weighted by Crippen LogP contribution is -2.38. The van der Waals surface area contributed by atoms with Crippen molar-refractivity contribution in [3.63, 3.8) is 0 Å². The zero-order chi connectivity index (χ0) is 23.9. The summed E-state index contributed by atoms with van der Waals surface area (Å²) >= 11 is 0. The minimum atomic E-state index is -0.505. The number of nitriles is 1. The van der Waals surface area contributed by atoms with Crippen LogP contribution in [-0.2, 0) is 4.79 Å². The molecule has 0 saturated heterocycles. The SMILES string of the molecule is Cc1ccncc1-c1cc2cc(NC(=O)C=C3CCC4(CC3)CC(C#N)C4)ncc2c(N)c1F. The molecule has 0 aliphatic heterocycles. The second-order valence-electron chi connectivity index (χ2n) is 9.66. The van der Waals surface area contributed by atoms with Crippen molar-refractivity contribution in [3.05, 3.63) is 59.8 Å². The van der Waals surface area contributed by atoms with Crippen LogP contribution in [-0.4, -0.2) is 15.9 Å². The molecular weight excluding hydrogens is 429 g/mol. The van der Waals surface area contributed by atoms with Crippen molar-refractivity contribution in [2.45, 2.75) is 45.4 Å². The van der Waals surface area contributed by atoms with Crippen molar-refractivity contribution < 1.29 is 9.18 Å². The predicted octanol–water partition coefficient (Wildman–Crippen LogP) is 5.69. The molecule has 0 unspecified atom stereocenters. The van der Waals surface area contributed by atoms with E-state index in [1.54, 1.807) is 30.6 Å². The number of hydrogen-bond donors (Lipinski definition) is 2. The normalized spacial score (nSPS) is 21.7. The molecule has 2 aliphatic carbocycles. The molecule has 5 rings (SSSR count). The first kappa shape index (κ1) is 22.0. The van der Waals surface area contributed by atoms with E-state index in [9.17, 15) is 4.79 Å². The van der Waals surface area contributed by atoms with Gasteiger partial charge in [-0.2, -0.15) is 5.26 Å². The lowest BCUT2D eigenvalue weighted by Gasteiger charge is -2.48. The highest BCUT2D eigenvalue weighted by atomic mass is 19.1. The molecular formula is C27H26FN5O. The van der Waals surface area contributed by atoms with E-state index >= 15 is 4.39 Å². The van der Waals surface area contributed by atoms with Crippen LogP contribution < -0.4 is 11.1 Å². The summed E-state index contributed by atoms with van der Waals surface area (Å²) in [4.78, 5) is 21.0. The molecule has 0 radical (unpaired) electrons. The number of pyridine rings is 2. The van der Waals surface area contributed by atoms with Crippen molar-refractivity contribution in [2.24, 2.45) is 11.3 Å². The highest BCUT2D eigenvalue weighted by Gasteiger charge is 2.45. The summed E-state index contributed by atoms with van der Waals surface area (Å²) in [7, 11) is 0. The van der Waals surface area contributed by atoms with E-state index in [0.29, 0.717) is 33.1 Å². The second kappa shape index (κ2) is 8.53. The van der Waals surface area contributed by atoms with Gasteiger partial charge in [-0.05, 0) is 80.0 Å². The number of amides is 1. The minimum absolute atomic E-state index is 0.0222. The number of rotatable bonds is 3. The molecule has 1 amide bonds. The van der Waals surface area contributed by atoms with Crippen molar-refractivity contribution in [1.82, 2.24) is 9.97 Å². The molecule has 172 valence electrons. The standard InChI is InChI=1S/C27H26FN5O/c1-16-4-7-31-14-21(16)20-9-19-10-23(32-15-22(19)26(30)25(20)28)33-24(34)8-17-2-5-27(6-3-17)11-18(12-27)13-29/h4,7-10,14-15,18H,2-3,5-6,11-12,30H2,1H3,(H,32,33,34). The molecule has 1 spiro atoms. The number of nitrogen functional groups attached to an aromatic ring is 1. The van der Waals surface area contributed by atoms with Crippen LogP contribution in [0.1, 0.15) is 44.1 Å². The number of halogens is 1. The Morgan fingerprint density at radius 2 is 2.03 bits per heavy atom. The van der Waals surface area contributed by atoms with Gasteiger partial charge in [-0.1, -0.05) is 5.57 Å². The molecule has 1 aromatic carbocycles. The number of benzene rings is 1. The van der Waals surface area contributed by atoms with Crippen LogP contribution >= 0.6 is 0 Å². The predicted molar refractivity (Wildman–Crippen MR) is 130 cm³/mol. The average molecular weight is 456 g/mol. The van der Waals surface area contributed by atoms with Crippen molar-refractivity contribution in [3.8, 4) is 17.2 Å². The Morgan fingerprint density at radius 3 is 2.74 bits per heavy atom. The summed E-state index contributed by atoms with van der Waals surface area (Å²) in [5, 5.41) is 13.1. The third kappa shape index (κ3) is 4.01. The smallest absolute Gasteiger partial charge is 0.249 e. The molecule has 3 N–H and O–H groups in total. The van der Waals surface area contributed by atoms with E-state index in [-0.39, 0.29) is 17.5 Å². The number of carbonyl (C=O) groups excluding carboxylic acids is 1. The Morgan fingerprint density at radius 1 is 1.26 bits per heavy atom. The van der Waals surface area contributed by atoms with Gasteiger partial charge in [0.15, 0.2) is 5.82 Å². The van der Waals surface area contributed by atoms with Crippen LogP contribution in [0.25, 0.3) is 21.9 Å². The number of fused-ring (bicyclic) bond motifs is 1. The maximum atomic E-state index is 15.0. The largest absolute Gasteiger partial charge is 0.396 e. The monoisotopic (exact) mass is 455 g/mol. The zero-order valence-electron chi connectivity index (χ0n) is 19.1. The van der Waals surface area contributed by atoms with Crippen LogP contribution in [0, 0.1) is 35.4 Å². The van der Waals surface area contributed by atoms with Gasteiger partial charge in [0.25, 0.3) is 0 Å². The molecule has 2 aliphatic rings. The minimum Gasteiger partial charge on any atom is -0.396 e. The number of nitrogens with one attached hydrogen (secondary N) is 1. The number of nitrogens with zero attached hydrogens (tertiary/aromatic N) is 3. The first-order valence-electron chi connectivity index (χ1n) is 11.6. The quantitative estimate of drug-likeness (QED) is 0.390. The van der Waals surface area contributed by atoms with Gasteiger partial charge in [0.2, 0.25) is 5.91 Å². The molecule has 2 saturated carbocycles. The fraction of sp³-hybridized carbons (Fsp3) is 0.333. The summed E-state index contributed by atoms with van der Waals surface area (Å²) in [5.41, 5.74) is 9.48. The number of allylic oxidation sites excluding steroid dienone is 1. The Bertz CT molecular complexity index is 1360. The van der Waals surface area contributed by atoms with Crippen molar-refractivity contribution in [2.75, 3.05) is 11.1 Å². The average Bonchev–Trinajstić information content (AvgIpc) is 2.81. The molecule has 6 nitrogen and oxygen atoms in total. The number of carbonyl (C=O) groups is 1. The van der Waals surface area contributed by atoms with Gasteiger partial charge < -0.3 is 11.1 Å². The summed E-state index contributed by atoms with van der Waals surface area (Å²) < 4.78 is 15.0. The summed E-state index contributed by atoms with van der Waals surface area (Å²) in [6.07, 6.45) is 12.3. The van der Waals surface area contributed by atoms with Crippen LogP contribution in [0.3, 0.4) is 0 Å². The van der Waals surface area contributed by atoms with E-state index in [2.05, 4.69) is 21.4 Å². The Kier molecular flexibility index (Phi) is 5.52. The molecule has 2 fully saturated rings. The number of hydrogen-bond acceptors (Lipinski definition) is 5. The van der Waals surface area contributed by atoms with Gasteiger partial charge in [-0.3, -0.25) is 9.78 Å². The van der Waals surface area contributed by atoms with Gasteiger partial charge in [0, 0.05) is 47.1 Å². The maximum Gasteiger partial charge on any atom is 0.249 e. The van der Waals surface area contributed by atoms with Crippen LogP contribution in [0.5, 0.6) is 0 Å². The fourth-order valence-corrected chi connectivity index (χ4v) is 5.39. The number of anilines is 2. The van der Waals surface area contributed by atoms with E-state index < -0.39 is 5.82 Å².